The summed E-state index contributed by atoms with van der Waals surface area (Å²) in [6, 6.07) is 6.64. The van der Waals surface area contributed by atoms with Gasteiger partial charge in [-0.25, -0.2) is 8.42 Å². The first kappa shape index (κ1) is 13.5. The summed E-state index contributed by atoms with van der Waals surface area (Å²) in [5.41, 5.74) is 0.558. The van der Waals surface area contributed by atoms with E-state index in [9.17, 15) is 8.42 Å². The second-order valence-electron chi connectivity index (χ2n) is 3.81. The third-order valence-electron chi connectivity index (χ3n) is 2.38. The van der Waals surface area contributed by atoms with Crippen molar-refractivity contribution in [3.05, 3.63) is 29.8 Å². The highest BCUT2D eigenvalue weighted by atomic mass is 35.5. The molecule has 0 saturated heterocycles. The number of nitrogens with one attached hydrogen (secondary N) is 1. The quantitative estimate of drug-likeness (QED) is 0.668. The number of sulfone groups is 1. The van der Waals surface area contributed by atoms with Gasteiger partial charge in [-0.1, -0.05) is 12.1 Å². The lowest BCUT2D eigenvalue weighted by Gasteiger charge is -2.11. The van der Waals surface area contributed by atoms with Crippen molar-refractivity contribution in [1.29, 1.82) is 0 Å². The average Bonchev–Trinajstić information content (AvgIpc) is 2.28. The van der Waals surface area contributed by atoms with Crippen LogP contribution in [0.1, 0.15) is 24.9 Å². The summed E-state index contributed by atoms with van der Waals surface area (Å²) in [5, 5.41) is 2.47. The number of benzene rings is 1. The lowest BCUT2D eigenvalue weighted by molar-refractivity contribution is 0.587. The first-order valence-electron chi connectivity index (χ1n) is 5.04. The van der Waals surface area contributed by atoms with Crippen LogP contribution < -0.4 is 5.32 Å². The smallest absolute Gasteiger partial charge is 0.180 e. The van der Waals surface area contributed by atoms with Crippen molar-refractivity contribution in [3.8, 4) is 0 Å². The zero-order chi connectivity index (χ0) is 12.3. The van der Waals surface area contributed by atoms with Gasteiger partial charge < -0.3 is 5.32 Å². The molecule has 1 aromatic carbocycles. The van der Waals surface area contributed by atoms with Crippen LogP contribution in [0.4, 0.5) is 0 Å². The SMILES string of the molecule is CNC(Cl)c1ccc(S(=O)(=O)C(C)C)cc1. The molecule has 1 N–H and O–H groups in total. The molecule has 0 fully saturated rings. The molecule has 0 aliphatic rings. The van der Waals surface area contributed by atoms with Crippen molar-refractivity contribution in [2.45, 2.75) is 29.5 Å². The van der Waals surface area contributed by atoms with Crippen LogP contribution in [0.2, 0.25) is 0 Å². The fourth-order valence-electron chi connectivity index (χ4n) is 1.27. The molecule has 0 spiro atoms. The molecule has 90 valence electrons. The van der Waals surface area contributed by atoms with Gasteiger partial charge in [-0.05, 0) is 38.6 Å². The third kappa shape index (κ3) is 2.75. The standard InChI is InChI=1S/C11H16ClNO2S/c1-8(2)16(14,15)10-6-4-9(5-7-10)11(12)13-3/h4-8,11,13H,1-3H3. The maximum absolute atomic E-state index is 11.8. The predicted octanol–water partition coefficient (Wildman–Crippen LogP) is 2.33. The Bertz CT molecular complexity index is 440. The Labute approximate surface area is 102 Å². The summed E-state index contributed by atoms with van der Waals surface area (Å²) in [6.45, 7) is 3.34. The van der Waals surface area contributed by atoms with Crippen molar-refractivity contribution in [1.82, 2.24) is 5.32 Å². The molecule has 1 unspecified atom stereocenters. The topological polar surface area (TPSA) is 46.2 Å². The van der Waals surface area contributed by atoms with Gasteiger partial charge in [-0.2, -0.15) is 0 Å². The molecule has 0 saturated carbocycles. The molecule has 0 bridgehead atoms. The summed E-state index contributed by atoms with van der Waals surface area (Å²) in [4.78, 5) is 0.339. The first-order valence-corrected chi connectivity index (χ1v) is 7.03. The molecule has 1 aromatic rings. The molecule has 16 heavy (non-hydrogen) atoms. The van der Waals surface area contributed by atoms with Gasteiger partial charge in [0.2, 0.25) is 0 Å². The van der Waals surface area contributed by atoms with E-state index >= 15 is 0 Å². The molecule has 1 atom stereocenters. The molecule has 1 rings (SSSR count). The van der Waals surface area contributed by atoms with Crippen LogP contribution in [0, 0.1) is 0 Å². The van der Waals surface area contributed by atoms with Gasteiger partial charge in [0, 0.05) is 0 Å². The Hall–Kier alpha value is -0.580. The van der Waals surface area contributed by atoms with Crippen molar-refractivity contribution in [3.63, 3.8) is 0 Å². The highest BCUT2D eigenvalue weighted by Crippen LogP contribution is 2.21. The maximum atomic E-state index is 11.8. The van der Waals surface area contributed by atoms with Crippen LogP contribution in [-0.4, -0.2) is 20.7 Å². The number of hydrogen-bond acceptors (Lipinski definition) is 3. The Kier molecular flexibility index (Phi) is 4.35. The molecule has 0 amide bonds. The molecule has 5 heteroatoms. The van der Waals surface area contributed by atoms with Gasteiger partial charge in [-0.3, -0.25) is 0 Å². The minimum Gasteiger partial charge on any atom is -0.301 e. The fourth-order valence-corrected chi connectivity index (χ4v) is 2.47. The van der Waals surface area contributed by atoms with E-state index in [0.717, 1.165) is 5.56 Å². The molecule has 0 heterocycles. The van der Waals surface area contributed by atoms with Gasteiger partial charge in [-0.15, -0.1) is 11.6 Å². The predicted molar refractivity (Wildman–Crippen MR) is 66.4 cm³/mol. The van der Waals surface area contributed by atoms with E-state index in [1.807, 2.05) is 0 Å². The van der Waals surface area contributed by atoms with Gasteiger partial charge in [0.25, 0.3) is 0 Å². The minimum absolute atomic E-state index is 0.296. The summed E-state index contributed by atoms with van der Waals surface area (Å²) in [6.07, 6.45) is 0. The fraction of sp³-hybridized carbons (Fsp3) is 0.455. The summed E-state index contributed by atoms with van der Waals surface area (Å²) < 4.78 is 23.7. The van der Waals surface area contributed by atoms with Crippen LogP contribution in [0.5, 0.6) is 0 Å². The van der Waals surface area contributed by atoms with Crippen LogP contribution in [0.15, 0.2) is 29.2 Å². The second kappa shape index (κ2) is 5.17. The Balaban J connectivity index is 3.05. The van der Waals surface area contributed by atoms with Gasteiger partial charge in [0.15, 0.2) is 9.84 Å². The molecular formula is C11H16ClNO2S. The average molecular weight is 262 g/mol. The Morgan fingerprint density at radius 2 is 1.69 bits per heavy atom. The summed E-state index contributed by atoms with van der Waals surface area (Å²) in [7, 11) is -1.44. The van der Waals surface area contributed by atoms with Crippen LogP contribution >= 0.6 is 11.6 Å². The molecule has 0 radical (unpaired) electrons. The van der Waals surface area contributed by atoms with Gasteiger partial charge in [0.1, 0.15) is 5.50 Å². The number of hydrogen-bond donors (Lipinski definition) is 1. The van der Waals surface area contributed by atoms with E-state index in [1.54, 1.807) is 45.2 Å². The summed E-state index contributed by atoms with van der Waals surface area (Å²) in [5.74, 6) is 0. The molecule has 0 aliphatic heterocycles. The molecule has 3 nitrogen and oxygen atoms in total. The minimum atomic E-state index is -3.19. The highest BCUT2D eigenvalue weighted by molar-refractivity contribution is 7.92. The number of alkyl halides is 1. The van der Waals surface area contributed by atoms with Crippen molar-refractivity contribution in [2.24, 2.45) is 0 Å². The van der Waals surface area contributed by atoms with Crippen molar-refractivity contribution in [2.75, 3.05) is 7.05 Å². The normalized spacial score (nSPS) is 14.1. The number of halogens is 1. The Morgan fingerprint density at radius 3 is 2.06 bits per heavy atom. The maximum Gasteiger partial charge on any atom is 0.180 e. The van der Waals surface area contributed by atoms with E-state index in [0.29, 0.717) is 4.90 Å². The first-order chi connectivity index (χ1) is 7.39. The van der Waals surface area contributed by atoms with Gasteiger partial charge >= 0.3 is 0 Å². The third-order valence-corrected chi connectivity index (χ3v) is 5.02. The zero-order valence-corrected chi connectivity index (χ0v) is 11.1. The van der Waals surface area contributed by atoms with Crippen LogP contribution in [0.3, 0.4) is 0 Å². The second-order valence-corrected chi connectivity index (χ2v) is 6.75. The monoisotopic (exact) mass is 261 g/mol. The molecule has 0 aromatic heterocycles. The van der Waals surface area contributed by atoms with E-state index < -0.39 is 15.1 Å². The van der Waals surface area contributed by atoms with E-state index in [-0.39, 0.29) is 5.50 Å². The van der Waals surface area contributed by atoms with Crippen molar-refractivity contribution >= 4 is 21.4 Å². The van der Waals surface area contributed by atoms with E-state index in [1.165, 1.54) is 0 Å². The van der Waals surface area contributed by atoms with Crippen molar-refractivity contribution < 1.29 is 8.42 Å². The van der Waals surface area contributed by atoms with E-state index in [4.69, 9.17) is 11.6 Å². The lowest BCUT2D eigenvalue weighted by atomic mass is 10.2. The molecular weight excluding hydrogens is 246 g/mol. The van der Waals surface area contributed by atoms with Crippen LogP contribution in [0.25, 0.3) is 0 Å². The van der Waals surface area contributed by atoms with E-state index in [2.05, 4.69) is 5.32 Å². The lowest BCUT2D eigenvalue weighted by Crippen LogP contribution is -2.14. The molecule has 0 aliphatic carbocycles. The highest BCUT2D eigenvalue weighted by Gasteiger charge is 2.19. The Morgan fingerprint density at radius 1 is 1.19 bits per heavy atom. The summed E-state index contributed by atoms with van der Waals surface area (Å²) >= 11 is 5.96. The van der Waals surface area contributed by atoms with Crippen LogP contribution in [-0.2, 0) is 9.84 Å². The number of rotatable bonds is 4. The zero-order valence-electron chi connectivity index (χ0n) is 9.57. The van der Waals surface area contributed by atoms with Gasteiger partial charge in [0.05, 0.1) is 10.1 Å². The largest absolute Gasteiger partial charge is 0.301 e.